The fraction of sp³-hybridized carbons (Fsp3) is 0.824. The lowest BCUT2D eigenvalue weighted by Gasteiger charge is -2.45. The number of hydrogen-bond donors (Lipinski definition) is 0. The van der Waals surface area contributed by atoms with Crippen LogP contribution in [0, 0.1) is 0 Å². The fourth-order valence-corrected chi connectivity index (χ4v) is 17.3. The van der Waals surface area contributed by atoms with Gasteiger partial charge in [0.15, 0.2) is 25.0 Å². The normalized spacial score (nSPS) is 14.3. The second-order valence-electron chi connectivity index (χ2n) is 10.4. The molecule has 0 spiro atoms. The third-order valence-corrected chi connectivity index (χ3v) is 15.1. The average molecular weight is 437 g/mol. The van der Waals surface area contributed by atoms with E-state index >= 15 is 0 Å². The lowest BCUT2D eigenvalue weighted by atomic mass is 10.2. The lowest BCUT2D eigenvalue weighted by Crippen LogP contribution is -2.62. The van der Waals surface area contributed by atoms with Crippen molar-refractivity contribution in [2.45, 2.75) is 91.3 Å². The Bertz CT molecular complexity index is 472. The summed E-state index contributed by atoms with van der Waals surface area (Å²) >= 11 is 0. The first-order valence-electron chi connectivity index (χ1n) is 9.15. The molecule has 26 heavy (non-hydrogen) atoms. The standard InChI is InChI=1S/C17H40O5Si4/c1-15(2)16(18)19-17(3,4)14-26(20-23(5,6)7,21-24(8,9)10)22-25(11,12)13/h1,14H2,2-13H3. The molecule has 0 fully saturated rings. The van der Waals surface area contributed by atoms with E-state index in [0.717, 1.165) is 0 Å². The molecule has 0 aliphatic carbocycles. The first-order chi connectivity index (χ1) is 11.2. The number of esters is 1. The summed E-state index contributed by atoms with van der Waals surface area (Å²) < 4.78 is 25.6. The molecule has 0 unspecified atom stereocenters. The van der Waals surface area contributed by atoms with Gasteiger partial charge in [0.1, 0.15) is 5.60 Å². The van der Waals surface area contributed by atoms with Crippen molar-refractivity contribution in [3.63, 3.8) is 0 Å². The van der Waals surface area contributed by atoms with Crippen LogP contribution in [0.5, 0.6) is 0 Å². The predicted octanol–water partition coefficient (Wildman–Crippen LogP) is 5.38. The van der Waals surface area contributed by atoms with Gasteiger partial charge in [0.25, 0.3) is 0 Å². The highest BCUT2D eigenvalue weighted by molar-refractivity contribution is 6.90. The zero-order chi connectivity index (χ0) is 21.2. The van der Waals surface area contributed by atoms with Crippen LogP contribution in [0.4, 0.5) is 0 Å². The van der Waals surface area contributed by atoms with Crippen LogP contribution in [-0.4, -0.2) is 45.3 Å². The zero-order valence-electron chi connectivity index (χ0n) is 19.0. The van der Waals surface area contributed by atoms with E-state index in [4.69, 9.17) is 17.1 Å². The Hall–Kier alpha value is -0.0425. The van der Waals surface area contributed by atoms with Gasteiger partial charge in [0.2, 0.25) is 0 Å². The molecule has 0 amide bonds. The summed E-state index contributed by atoms with van der Waals surface area (Å²) in [6.45, 7) is 28.4. The summed E-state index contributed by atoms with van der Waals surface area (Å²) in [5.74, 6) is -0.396. The highest BCUT2D eigenvalue weighted by atomic mass is 28.5. The van der Waals surface area contributed by atoms with Crippen LogP contribution in [0.15, 0.2) is 12.2 Å². The molecule has 0 aliphatic rings. The predicted molar refractivity (Wildman–Crippen MR) is 119 cm³/mol. The minimum Gasteiger partial charge on any atom is -0.456 e. The van der Waals surface area contributed by atoms with E-state index in [0.29, 0.717) is 11.6 Å². The molecule has 0 atom stereocenters. The van der Waals surface area contributed by atoms with Gasteiger partial charge < -0.3 is 17.1 Å². The smallest absolute Gasteiger partial charge is 0.456 e. The molecule has 5 nitrogen and oxygen atoms in total. The number of carbonyl (C=O) groups is 1. The van der Waals surface area contributed by atoms with Gasteiger partial charge in [0, 0.05) is 5.57 Å². The second kappa shape index (κ2) is 8.54. The molecule has 0 rings (SSSR count). The second-order valence-corrected chi connectivity index (χ2v) is 27.3. The Kier molecular flexibility index (Phi) is 8.53. The molecule has 0 radical (unpaired) electrons. The SMILES string of the molecule is C=C(C)C(=O)OC(C)(C)C[Si](O[Si](C)(C)C)(O[Si](C)(C)C)O[Si](C)(C)C. The van der Waals surface area contributed by atoms with Crippen molar-refractivity contribution in [3.8, 4) is 0 Å². The Morgan fingerprint density at radius 1 is 0.808 bits per heavy atom. The van der Waals surface area contributed by atoms with Crippen molar-refractivity contribution in [1.29, 1.82) is 0 Å². The van der Waals surface area contributed by atoms with Crippen molar-refractivity contribution in [2.75, 3.05) is 0 Å². The van der Waals surface area contributed by atoms with Crippen LogP contribution in [0.2, 0.25) is 65.0 Å². The Morgan fingerprint density at radius 3 is 1.35 bits per heavy atom. The van der Waals surface area contributed by atoms with Crippen molar-refractivity contribution < 1.29 is 21.9 Å². The quantitative estimate of drug-likeness (QED) is 0.261. The zero-order valence-corrected chi connectivity index (χ0v) is 23.0. The molecule has 0 N–H and O–H groups in total. The van der Waals surface area contributed by atoms with E-state index < -0.39 is 45.3 Å². The highest BCUT2D eigenvalue weighted by Gasteiger charge is 2.53. The first-order valence-corrected chi connectivity index (χ1v) is 21.3. The van der Waals surface area contributed by atoms with Crippen molar-refractivity contribution in [1.82, 2.24) is 0 Å². The maximum absolute atomic E-state index is 12.1. The molecule has 0 saturated carbocycles. The summed E-state index contributed by atoms with van der Waals surface area (Å²) in [5.41, 5.74) is -0.380. The molecule has 0 aromatic carbocycles. The number of hydrogen-bond acceptors (Lipinski definition) is 5. The van der Waals surface area contributed by atoms with Crippen LogP contribution in [0.25, 0.3) is 0 Å². The van der Waals surface area contributed by atoms with Gasteiger partial charge >= 0.3 is 14.8 Å². The van der Waals surface area contributed by atoms with Crippen LogP contribution >= 0.6 is 0 Å². The highest BCUT2D eigenvalue weighted by Crippen LogP contribution is 2.34. The molecular formula is C17H40O5Si4. The average Bonchev–Trinajstić information content (AvgIpc) is 2.17. The minimum atomic E-state index is -3.06. The van der Waals surface area contributed by atoms with Gasteiger partial charge in [-0.2, -0.15) is 0 Å². The minimum absolute atomic E-state index is 0.383. The Balaban J connectivity index is 5.98. The molecule has 0 bridgehead atoms. The number of ether oxygens (including phenoxy) is 1. The van der Waals surface area contributed by atoms with Crippen LogP contribution in [-0.2, 0) is 21.9 Å². The van der Waals surface area contributed by atoms with E-state index in [1.807, 2.05) is 13.8 Å². The van der Waals surface area contributed by atoms with Crippen LogP contribution < -0.4 is 0 Å². The van der Waals surface area contributed by atoms with E-state index in [2.05, 4.69) is 65.5 Å². The Labute approximate surface area is 165 Å². The lowest BCUT2D eigenvalue weighted by molar-refractivity contribution is -0.150. The monoisotopic (exact) mass is 436 g/mol. The van der Waals surface area contributed by atoms with Crippen molar-refractivity contribution >= 4 is 39.7 Å². The van der Waals surface area contributed by atoms with E-state index in [1.54, 1.807) is 6.92 Å². The molecule has 0 aliphatic heterocycles. The summed E-state index contributed by atoms with van der Waals surface area (Å²) in [4.78, 5) is 12.1. The van der Waals surface area contributed by atoms with E-state index in [1.165, 1.54) is 0 Å². The van der Waals surface area contributed by atoms with Gasteiger partial charge in [-0.1, -0.05) is 6.58 Å². The molecule has 0 saturated heterocycles. The van der Waals surface area contributed by atoms with Gasteiger partial charge in [0.05, 0.1) is 6.04 Å². The molecule has 0 aromatic heterocycles. The summed E-state index contributed by atoms with van der Waals surface area (Å²) in [5, 5.41) is 0. The number of carbonyl (C=O) groups excluding carboxylic acids is 1. The summed E-state index contributed by atoms with van der Waals surface area (Å²) in [7, 11) is -8.93. The third-order valence-electron chi connectivity index (χ3n) is 2.74. The molecule has 0 aromatic rings. The fourth-order valence-electron chi connectivity index (χ4n) is 2.47. The molecular weight excluding hydrogens is 397 g/mol. The largest absolute Gasteiger partial charge is 0.473 e. The maximum atomic E-state index is 12.1. The first kappa shape index (κ1) is 26.0. The van der Waals surface area contributed by atoms with Crippen LogP contribution in [0.3, 0.4) is 0 Å². The Morgan fingerprint density at radius 2 is 1.12 bits per heavy atom. The molecule has 9 heteroatoms. The van der Waals surface area contributed by atoms with Gasteiger partial charge in [-0.15, -0.1) is 0 Å². The molecule has 0 heterocycles. The van der Waals surface area contributed by atoms with E-state index in [-0.39, 0.29) is 0 Å². The molecule has 154 valence electrons. The van der Waals surface area contributed by atoms with E-state index in [9.17, 15) is 4.79 Å². The maximum Gasteiger partial charge on any atom is 0.473 e. The third kappa shape index (κ3) is 11.6. The topological polar surface area (TPSA) is 54.0 Å². The number of rotatable bonds is 10. The van der Waals surface area contributed by atoms with Crippen molar-refractivity contribution in [2.24, 2.45) is 0 Å². The summed E-state index contributed by atoms with van der Waals surface area (Å²) in [6, 6.07) is 0.442. The van der Waals surface area contributed by atoms with Gasteiger partial charge in [-0.05, 0) is 79.7 Å². The van der Waals surface area contributed by atoms with Gasteiger partial charge in [-0.3, -0.25) is 0 Å². The van der Waals surface area contributed by atoms with Crippen LogP contribution in [0.1, 0.15) is 20.8 Å². The van der Waals surface area contributed by atoms with Gasteiger partial charge in [-0.25, -0.2) is 4.79 Å². The van der Waals surface area contributed by atoms with Crippen molar-refractivity contribution in [3.05, 3.63) is 12.2 Å². The summed E-state index contributed by atoms with van der Waals surface area (Å²) in [6.07, 6.45) is 0.